The number of hydrogen-bond acceptors (Lipinski definition) is 4. The molecule has 1 amide bonds. The number of carbonyl (C=O) groups is 1. The van der Waals surface area contributed by atoms with E-state index in [1.54, 1.807) is 18.2 Å². The first-order chi connectivity index (χ1) is 12.1. The Bertz CT molecular complexity index is 1170. The number of benzene rings is 3. The van der Waals surface area contributed by atoms with Crippen molar-refractivity contribution in [1.82, 2.24) is 0 Å². The summed E-state index contributed by atoms with van der Waals surface area (Å²) >= 11 is 0. The Kier molecular flexibility index (Phi) is 3.47. The Morgan fingerprint density at radius 1 is 0.960 bits per heavy atom. The Morgan fingerprint density at radius 2 is 1.68 bits per heavy atom. The standard InChI is InChI=1S/C20H14N2O3/c21-19-15(11-13-7-4-10-17(23)18(13)25-19)20(24)22-16-9-3-6-12-5-1-2-8-14(12)16/h1-11,21,23H,(H,22,24). The van der Waals surface area contributed by atoms with Gasteiger partial charge in [-0.15, -0.1) is 0 Å². The van der Waals surface area contributed by atoms with Crippen molar-refractivity contribution >= 4 is 33.3 Å². The van der Waals surface area contributed by atoms with E-state index in [0.29, 0.717) is 11.1 Å². The summed E-state index contributed by atoms with van der Waals surface area (Å²) in [4.78, 5) is 12.7. The van der Waals surface area contributed by atoms with Crippen LogP contribution in [0, 0.1) is 5.41 Å². The predicted molar refractivity (Wildman–Crippen MR) is 95.6 cm³/mol. The topological polar surface area (TPSA) is 86.3 Å². The van der Waals surface area contributed by atoms with Crippen molar-refractivity contribution in [1.29, 1.82) is 5.41 Å². The highest BCUT2D eigenvalue weighted by Gasteiger charge is 2.14. The van der Waals surface area contributed by atoms with Gasteiger partial charge < -0.3 is 14.8 Å². The summed E-state index contributed by atoms with van der Waals surface area (Å²) in [7, 11) is 0. The highest BCUT2D eigenvalue weighted by Crippen LogP contribution is 2.25. The summed E-state index contributed by atoms with van der Waals surface area (Å²) in [5.41, 5.74) is 0.658. The van der Waals surface area contributed by atoms with Gasteiger partial charge in [-0.3, -0.25) is 10.2 Å². The summed E-state index contributed by atoms with van der Waals surface area (Å²) in [5, 5.41) is 23.1. The van der Waals surface area contributed by atoms with Gasteiger partial charge in [0.15, 0.2) is 11.3 Å². The number of carbonyl (C=O) groups excluding carboxylic acids is 1. The summed E-state index contributed by atoms with van der Waals surface area (Å²) in [6.07, 6.45) is 0. The Balaban J connectivity index is 1.77. The molecule has 0 spiro atoms. The predicted octanol–water partition coefficient (Wildman–Crippen LogP) is 4.02. The van der Waals surface area contributed by atoms with Crippen molar-refractivity contribution in [3.8, 4) is 5.75 Å². The molecule has 0 fully saturated rings. The summed E-state index contributed by atoms with van der Waals surface area (Å²) < 4.78 is 5.33. The molecule has 0 atom stereocenters. The highest BCUT2D eigenvalue weighted by molar-refractivity contribution is 6.09. The van der Waals surface area contributed by atoms with Crippen molar-refractivity contribution in [3.63, 3.8) is 0 Å². The lowest BCUT2D eigenvalue weighted by molar-refractivity contribution is 0.102. The van der Waals surface area contributed by atoms with E-state index >= 15 is 0 Å². The zero-order chi connectivity index (χ0) is 17.4. The Morgan fingerprint density at radius 3 is 2.56 bits per heavy atom. The molecule has 1 heterocycles. The molecule has 0 aliphatic rings. The molecule has 4 rings (SSSR count). The van der Waals surface area contributed by atoms with Gasteiger partial charge in [0.05, 0.1) is 0 Å². The lowest BCUT2D eigenvalue weighted by atomic mass is 10.1. The minimum Gasteiger partial charge on any atom is -0.504 e. The first-order valence-electron chi connectivity index (χ1n) is 7.73. The molecule has 3 N–H and O–H groups in total. The van der Waals surface area contributed by atoms with E-state index in [1.165, 1.54) is 6.07 Å². The molecule has 25 heavy (non-hydrogen) atoms. The van der Waals surface area contributed by atoms with Gasteiger partial charge in [-0.05, 0) is 23.6 Å². The molecule has 122 valence electrons. The number of anilines is 1. The van der Waals surface area contributed by atoms with Crippen molar-refractivity contribution < 1.29 is 14.3 Å². The smallest absolute Gasteiger partial charge is 0.261 e. The number of phenols is 1. The van der Waals surface area contributed by atoms with E-state index in [9.17, 15) is 9.90 Å². The molecule has 5 heteroatoms. The molecule has 5 nitrogen and oxygen atoms in total. The van der Waals surface area contributed by atoms with Gasteiger partial charge in [0.1, 0.15) is 5.56 Å². The molecule has 0 aliphatic carbocycles. The normalized spacial score (nSPS) is 10.9. The molecular weight excluding hydrogens is 316 g/mol. The van der Waals surface area contributed by atoms with E-state index in [0.717, 1.165) is 10.8 Å². The number of rotatable bonds is 2. The number of aromatic hydroxyl groups is 1. The van der Waals surface area contributed by atoms with Gasteiger partial charge in [-0.1, -0.05) is 48.5 Å². The summed E-state index contributed by atoms with van der Waals surface area (Å²) in [6.45, 7) is 0. The first-order valence-corrected chi connectivity index (χ1v) is 7.73. The average molecular weight is 330 g/mol. The molecule has 0 saturated carbocycles. The van der Waals surface area contributed by atoms with E-state index < -0.39 is 5.91 Å². The number of amides is 1. The number of para-hydroxylation sites is 1. The third-order valence-electron chi connectivity index (χ3n) is 4.06. The van der Waals surface area contributed by atoms with Crippen LogP contribution >= 0.6 is 0 Å². The second kappa shape index (κ2) is 5.79. The van der Waals surface area contributed by atoms with Crippen LogP contribution in [0.3, 0.4) is 0 Å². The van der Waals surface area contributed by atoms with Gasteiger partial charge in [0.25, 0.3) is 5.91 Å². The quantitative estimate of drug-likeness (QED) is 0.519. The van der Waals surface area contributed by atoms with Crippen LogP contribution in [0.15, 0.2) is 71.1 Å². The maximum atomic E-state index is 12.7. The van der Waals surface area contributed by atoms with Crippen molar-refractivity contribution in [2.24, 2.45) is 0 Å². The maximum absolute atomic E-state index is 12.7. The molecule has 0 unspecified atom stereocenters. The molecule has 0 saturated heterocycles. The molecule has 3 aromatic carbocycles. The lowest BCUT2D eigenvalue weighted by Crippen LogP contribution is -2.20. The zero-order valence-electron chi connectivity index (χ0n) is 13.1. The second-order valence-electron chi connectivity index (χ2n) is 5.67. The molecule has 0 bridgehead atoms. The SMILES string of the molecule is N=c1oc2c(O)cccc2cc1C(=O)Nc1cccc2ccccc12. The highest BCUT2D eigenvalue weighted by atomic mass is 16.4. The van der Waals surface area contributed by atoms with E-state index in [2.05, 4.69) is 5.32 Å². The monoisotopic (exact) mass is 330 g/mol. The van der Waals surface area contributed by atoms with Gasteiger partial charge in [-0.2, -0.15) is 0 Å². The Labute approximate surface area is 142 Å². The summed E-state index contributed by atoms with van der Waals surface area (Å²) in [6, 6.07) is 19.8. The number of fused-ring (bicyclic) bond motifs is 2. The zero-order valence-corrected chi connectivity index (χ0v) is 13.1. The van der Waals surface area contributed by atoms with Crippen LogP contribution in [0.2, 0.25) is 0 Å². The van der Waals surface area contributed by atoms with Gasteiger partial charge in [0, 0.05) is 16.5 Å². The van der Waals surface area contributed by atoms with Crippen LogP contribution in [0.25, 0.3) is 21.7 Å². The fourth-order valence-electron chi connectivity index (χ4n) is 2.84. The number of nitrogens with one attached hydrogen (secondary N) is 2. The number of phenolic OH excluding ortho intramolecular Hbond substituents is 1. The van der Waals surface area contributed by atoms with Crippen LogP contribution < -0.4 is 10.9 Å². The molecule has 0 radical (unpaired) electrons. The van der Waals surface area contributed by atoms with Crippen LogP contribution in [0.1, 0.15) is 10.4 Å². The van der Waals surface area contributed by atoms with Crippen molar-refractivity contribution in [3.05, 3.63) is 77.8 Å². The summed E-state index contributed by atoms with van der Waals surface area (Å²) in [5.74, 6) is -0.498. The molecular formula is C20H14N2O3. The van der Waals surface area contributed by atoms with Crippen LogP contribution in [-0.2, 0) is 0 Å². The van der Waals surface area contributed by atoms with E-state index in [4.69, 9.17) is 9.83 Å². The maximum Gasteiger partial charge on any atom is 0.261 e. The molecule has 4 aromatic rings. The van der Waals surface area contributed by atoms with Crippen LogP contribution in [-0.4, -0.2) is 11.0 Å². The minimum absolute atomic E-state index is 0.0630. The van der Waals surface area contributed by atoms with Crippen LogP contribution in [0.4, 0.5) is 5.69 Å². The minimum atomic E-state index is -0.435. The molecule has 1 aromatic heterocycles. The van der Waals surface area contributed by atoms with Crippen LogP contribution in [0.5, 0.6) is 5.75 Å². The third-order valence-corrected chi connectivity index (χ3v) is 4.06. The van der Waals surface area contributed by atoms with E-state index in [1.807, 2.05) is 42.5 Å². The third kappa shape index (κ3) is 2.61. The van der Waals surface area contributed by atoms with E-state index in [-0.39, 0.29) is 22.5 Å². The van der Waals surface area contributed by atoms with Gasteiger partial charge in [-0.25, -0.2) is 0 Å². The lowest BCUT2D eigenvalue weighted by Gasteiger charge is -2.09. The van der Waals surface area contributed by atoms with Crippen molar-refractivity contribution in [2.45, 2.75) is 0 Å². The van der Waals surface area contributed by atoms with Gasteiger partial charge >= 0.3 is 0 Å². The largest absolute Gasteiger partial charge is 0.504 e. The number of hydrogen-bond donors (Lipinski definition) is 3. The fraction of sp³-hybridized carbons (Fsp3) is 0. The average Bonchev–Trinajstić information content (AvgIpc) is 2.62. The van der Waals surface area contributed by atoms with Crippen molar-refractivity contribution in [2.75, 3.05) is 5.32 Å². The fourth-order valence-corrected chi connectivity index (χ4v) is 2.84. The second-order valence-corrected chi connectivity index (χ2v) is 5.67. The first kappa shape index (κ1) is 15.0. The molecule has 0 aliphatic heterocycles. The Hall–Kier alpha value is -3.60. The van der Waals surface area contributed by atoms with Gasteiger partial charge in [0.2, 0.25) is 5.55 Å².